The first-order valence-corrected chi connectivity index (χ1v) is 6.54. The van der Waals surface area contributed by atoms with Crippen molar-refractivity contribution in [1.29, 1.82) is 0 Å². The molecule has 0 aromatic carbocycles. The Balaban J connectivity index is 2.42. The third kappa shape index (κ3) is 4.14. The molecule has 1 nitrogen and oxygen atoms in total. The molecule has 1 aliphatic rings. The van der Waals surface area contributed by atoms with Gasteiger partial charge in [0.25, 0.3) is 0 Å². The van der Waals surface area contributed by atoms with Gasteiger partial charge >= 0.3 is 0 Å². The van der Waals surface area contributed by atoms with E-state index in [4.69, 9.17) is 5.11 Å². The molecule has 1 heteroatoms. The molecule has 0 aliphatic heterocycles. The van der Waals surface area contributed by atoms with Gasteiger partial charge in [0.15, 0.2) is 0 Å². The normalized spacial score (nSPS) is 30.2. The van der Waals surface area contributed by atoms with E-state index in [9.17, 15) is 0 Å². The Bertz CT molecular complexity index is 180. The minimum absolute atomic E-state index is 0.358. The van der Waals surface area contributed by atoms with Crippen LogP contribution in [0.25, 0.3) is 0 Å². The van der Waals surface area contributed by atoms with E-state index in [0.29, 0.717) is 17.9 Å². The zero-order valence-corrected chi connectivity index (χ0v) is 10.9. The van der Waals surface area contributed by atoms with Crippen LogP contribution in [0.3, 0.4) is 0 Å². The molecule has 1 fully saturated rings. The Labute approximate surface area is 95.3 Å². The maximum absolute atomic E-state index is 9.09. The average molecular weight is 212 g/mol. The van der Waals surface area contributed by atoms with Gasteiger partial charge in [-0.25, -0.2) is 0 Å². The summed E-state index contributed by atoms with van der Waals surface area (Å²) in [5, 5.41) is 9.09. The lowest BCUT2D eigenvalue weighted by atomic mass is 9.68. The lowest BCUT2D eigenvalue weighted by Gasteiger charge is -2.38. The first-order valence-electron chi connectivity index (χ1n) is 6.54. The van der Waals surface area contributed by atoms with Gasteiger partial charge in [0.2, 0.25) is 0 Å². The van der Waals surface area contributed by atoms with E-state index in [1.807, 2.05) is 0 Å². The largest absolute Gasteiger partial charge is 0.396 e. The predicted octanol–water partition coefficient (Wildman–Crippen LogP) is 3.86. The number of rotatable bonds is 3. The fraction of sp³-hybridized carbons (Fsp3) is 1.00. The van der Waals surface area contributed by atoms with E-state index in [2.05, 4.69) is 27.7 Å². The number of hydrogen-bond acceptors (Lipinski definition) is 1. The minimum Gasteiger partial charge on any atom is -0.396 e. The predicted molar refractivity (Wildman–Crippen MR) is 65.8 cm³/mol. The van der Waals surface area contributed by atoms with Gasteiger partial charge in [-0.2, -0.15) is 0 Å². The number of aliphatic hydroxyl groups excluding tert-OH is 1. The zero-order valence-electron chi connectivity index (χ0n) is 10.9. The van der Waals surface area contributed by atoms with Gasteiger partial charge in [-0.1, -0.05) is 40.5 Å². The van der Waals surface area contributed by atoms with Gasteiger partial charge in [0.1, 0.15) is 0 Å². The van der Waals surface area contributed by atoms with Gasteiger partial charge in [0.05, 0.1) is 0 Å². The van der Waals surface area contributed by atoms with Crippen molar-refractivity contribution >= 4 is 0 Å². The van der Waals surface area contributed by atoms with Crippen LogP contribution >= 0.6 is 0 Å². The van der Waals surface area contributed by atoms with Crippen molar-refractivity contribution in [2.24, 2.45) is 23.2 Å². The Hall–Kier alpha value is -0.0400. The van der Waals surface area contributed by atoms with Gasteiger partial charge in [-0.3, -0.25) is 0 Å². The highest BCUT2D eigenvalue weighted by Crippen LogP contribution is 2.41. The second-order valence-corrected chi connectivity index (χ2v) is 6.62. The third-order valence-electron chi connectivity index (χ3n) is 4.05. The average Bonchev–Trinajstić information content (AvgIpc) is 2.17. The fourth-order valence-electron chi connectivity index (χ4n) is 2.94. The first-order chi connectivity index (χ1) is 6.93. The van der Waals surface area contributed by atoms with E-state index in [0.717, 1.165) is 11.8 Å². The zero-order chi connectivity index (χ0) is 11.5. The van der Waals surface area contributed by atoms with Crippen molar-refractivity contribution in [3.05, 3.63) is 0 Å². The number of hydrogen-bond donors (Lipinski definition) is 1. The first kappa shape index (κ1) is 13.0. The molecule has 1 saturated carbocycles. The second-order valence-electron chi connectivity index (χ2n) is 6.62. The molecule has 3 atom stereocenters. The van der Waals surface area contributed by atoms with Crippen LogP contribution in [0.1, 0.15) is 59.8 Å². The van der Waals surface area contributed by atoms with E-state index in [1.54, 1.807) is 0 Å². The summed E-state index contributed by atoms with van der Waals surface area (Å²) >= 11 is 0. The van der Waals surface area contributed by atoms with Crippen LogP contribution in [0.5, 0.6) is 0 Å². The van der Waals surface area contributed by atoms with Crippen LogP contribution < -0.4 is 0 Å². The van der Waals surface area contributed by atoms with Gasteiger partial charge in [0, 0.05) is 6.61 Å². The van der Waals surface area contributed by atoms with Crippen LogP contribution in [0.15, 0.2) is 0 Å². The van der Waals surface area contributed by atoms with E-state index < -0.39 is 0 Å². The molecule has 1 N–H and O–H groups in total. The lowest BCUT2D eigenvalue weighted by Crippen LogP contribution is -2.27. The highest BCUT2D eigenvalue weighted by molar-refractivity contribution is 4.81. The maximum Gasteiger partial charge on any atom is 0.0456 e. The van der Waals surface area contributed by atoms with Gasteiger partial charge < -0.3 is 5.11 Å². The standard InChI is InChI=1S/C14H28O/c1-11(10-15)8-12-6-5-7-13(9-12)14(2,3)4/h11-13,15H,5-10H2,1-4H3. The quantitative estimate of drug-likeness (QED) is 0.753. The summed E-state index contributed by atoms with van der Waals surface area (Å²) in [5.74, 6) is 2.25. The molecule has 0 radical (unpaired) electrons. The van der Waals surface area contributed by atoms with Crippen molar-refractivity contribution in [3.8, 4) is 0 Å². The molecular weight excluding hydrogens is 184 g/mol. The lowest BCUT2D eigenvalue weighted by molar-refractivity contribution is 0.119. The summed E-state index contributed by atoms with van der Waals surface area (Å²) in [6, 6.07) is 0. The highest BCUT2D eigenvalue weighted by atomic mass is 16.3. The summed E-state index contributed by atoms with van der Waals surface area (Å²) in [4.78, 5) is 0. The van der Waals surface area contributed by atoms with Crippen molar-refractivity contribution in [2.75, 3.05) is 6.61 Å². The van der Waals surface area contributed by atoms with Crippen molar-refractivity contribution < 1.29 is 5.11 Å². The van der Waals surface area contributed by atoms with Crippen molar-refractivity contribution in [2.45, 2.75) is 59.8 Å². The Kier molecular flexibility index (Phi) is 4.64. The Morgan fingerprint density at radius 2 is 1.93 bits per heavy atom. The van der Waals surface area contributed by atoms with Crippen LogP contribution in [-0.2, 0) is 0 Å². The molecule has 90 valence electrons. The maximum atomic E-state index is 9.09. The Morgan fingerprint density at radius 1 is 1.27 bits per heavy atom. The molecule has 15 heavy (non-hydrogen) atoms. The minimum atomic E-state index is 0.358. The summed E-state index contributed by atoms with van der Waals surface area (Å²) in [5.41, 5.74) is 0.473. The smallest absolute Gasteiger partial charge is 0.0456 e. The molecule has 0 spiro atoms. The highest BCUT2D eigenvalue weighted by Gasteiger charge is 2.30. The fourth-order valence-corrected chi connectivity index (χ4v) is 2.94. The SMILES string of the molecule is CC(CO)CC1CCCC(C(C)(C)C)C1. The molecule has 0 heterocycles. The molecule has 0 bridgehead atoms. The van der Waals surface area contributed by atoms with E-state index in [-0.39, 0.29) is 0 Å². The Morgan fingerprint density at radius 3 is 2.47 bits per heavy atom. The monoisotopic (exact) mass is 212 g/mol. The summed E-state index contributed by atoms with van der Waals surface area (Å²) < 4.78 is 0. The molecule has 0 aromatic rings. The van der Waals surface area contributed by atoms with Crippen LogP contribution in [-0.4, -0.2) is 11.7 Å². The topological polar surface area (TPSA) is 20.2 Å². The van der Waals surface area contributed by atoms with Crippen LogP contribution in [0.4, 0.5) is 0 Å². The third-order valence-corrected chi connectivity index (χ3v) is 4.05. The summed E-state index contributed by atoms with van der Waals surface area (Å²) in [7, 11) is 0. The van der Waals surface area contributed by atoms with Crippen LogP contribution in [0, 0.1) is 23.2 Å². The molecule has 0 amide bonds. The van der Waals surface area contributed by atoms with E-state index in [1.165, 1.54) is 32.1 Å². The molecule has 0 aromatic heterocycles. The summed E-state index contributed by atoms with van der Waals surface area (Å²) in [6.07, 6.45) is 6.80. The summed E-state index contributed by atoms with van der Waals surface area (Å²) in [6.45, 7) is 9.64. The molecule has 1 aliphatic carbocycles. The molecule has 1 rings (SSSR count). The van der Waals surface area contributed by atoms with Crippen molar-refractivity contribution in [3.63, 3.8) is 0 Å². The van der Waals surface area contributed by atoms with Gasteiger partial charge in [-0.15, -0.1) is 0 Å². The molecule has 0 saturated heterocycles. The number of aliphatic hydroxyl groups is 1. The molecular formula is C14H28O. The van der Waals surface area contributed by atoms with E-state index >= 15 is 0 Å². The van der Waals surface area contributed by atoms with Gasteiger partial charge in [-0.05, 0) is 42.4 Å². The van der Waals surface area contributed by atoms with Crippen molar-refractivity contribution in [1.82, 2.24) is 0 Å². The second kappa shape index (κ2) is 5.34. The molecule has 3 unspecified atom stereocenters. The van der Waals surface area contributed by atoms with Crippen LogP contribution in [0.2, 0.25) is 0 Å².